The van der Waals surface area contributed by atoms with Crippen LogP contribution in [0, 0.1) is 0 Å². The molecule has 0 aliphatic rings. The number of nitrogens with zero attached hydrogens (tertiary/aromatic N) is 3. The molecule has 0 aliphatic carbocycles. The van der Waals surface area contributed by atoms with Gasteiger partial charge in [-0.1, -0.05) is 17.8 Å². The highest BCUT2D eigenvalue weighted by Crippen LogP contribution is 2.38. The fraction of sp³-hybridized carbons (Fsp3) is 0.217. The molecule has 2 heterocycles. The zero-order chi connectivity index (χ0) is 27.5. The summed E-state index contributed by atoms with van der Waals surface area (Å²) in [7, 11) is -3.64. The molecule has 4 aromatic rings. The summed E-state index contributed by atoms with van der Waals surface area (Å²) in [6, 6.07) is 9.65. The Hall–Kier alpha value is -4.08. The molecule has 0 radical (unpaired) electrons. The molecule has 0 atom stereocenters. The van der Waals surface area contributed by atoms with E-state index in [-0.39, 0.29) is 34.3 Å². The lowest BCUT2D eigenvalue weighted by Crippen LogP contribution is -2.20. The lowest BCUT2D eigenvalue weighted by atomic mass is 10.1. The van der Waals surface area contributed by atoms with Gasteiger partial charge in [0.25, 0.3) is 10.0 Å². The molecule has 2 aromatic heterocycles. The number of nitrogens with one attached hydrogen (secondary N) is 2. The van der Waals surface area contributed by atoms with E-state index in [1.807, 2.05) is 0 Å². The van der Waals surface area contributed by atoms with Gasteiger partial charge in [0.15, 0.2) is 16.3 Å². The SMILES string of the molecule is C=CS(=O)(=O)NCc1ccn(Cc2cc(OC)c3c(NS(=O)(=O)c4c(OC)cccc4OC)noc3c2)n1. The predicted molar refractivity (Wildman–Crippen MR) is 138 cm³/mol. The van der Waals surface area contributed by atoms with E-state index in [0.29, 0.717) is 28.9 Å². The highest BCUT2D eigenvalue weighted by molar-refractivity contribution is 7.93. The number of rotatable bonds is 12. The van der Waals surface area contributed by atoms with Crippen molar-refractivity contribution in [3.05, 3.63) is 65.8 Å². The Morgan fingerprint density at radius 1 is 1.03 bits per heavy atom. The average Bonchev–Trinajstić information content (AvgIpc) is 3.53. The number of sulfonamides is 2. The Bertz CT molecular complexity index is 1670. The van der Waals surface area contributed by atoms with Gasteiger partial charge in [-0.15, -0.1) is 0 Å². The molecular formula is C23H25N5O8S2. The number of benzene rings is 2. The number of anilines is 1. The average molecular weight is 564 g/mol. The third-order valence-electron chi connectivity index (χ3n) is 5.41. The van der Waals surface area contributed by atoms with E-state index in [1.165, 1.54) is 33.5 Å². The molecule has 0 bridgehead atoms. The molecule has 0 fully saturated rings. The molecule has 0 aliphatic heterocycles. The molecule has 0 saturated heterocycles. The molecule has 2 aromatic carbocycles. The van der Waals surface area contributed by atoms with Crippen molar-refractivity contribution in [2.75, 3.05) is 26.1 Å². The van der Waals surface area contributed by atoms with Crippen LogP contribution in [0.4, 0.5) is 5.82 Å². The minimum absolute atomic E-state index is 0.00625. The molecule has 15 heteroatoms. The maximum Gasteiger partial charge on any atom is 0.270 e. The highest BCUT2D eigenvalue weighted by Gasteiger charge is 2.28. The van der Waals surface area contributed by atoms with Crippen molar-refractivity contribution in [3.8, 4) is 17.2 Å². The standard InChI is InChI=1S/C23H25N5O8S2/c1-5-37(29,30)24-13-16-9-10-28(25-16)14-15-11-19(35-4)21-20(12-15)36-26-23(21)27-38(31,32)22-17(33-2)7-6-8-18(22)34-3/h5-12,24H,1,13-14H2,2-4H3,(H,26,27). The second kappa shape index (κ2) is 10.7. The van der Waals surface area contributed by atoms with Crippen molar-refractivity contribution in [3.63, 3.8) is 0 Å². The molecule has 202 valence electrons. The molecule has 0 spiro atoms. The van der Waals surface area contributed by atoms with Crippen molar-refractivity contribution in [1.29, 1.82) is 0 Å². The zero-order valence-corrected chi connectivity index (χ0v) is 22.3. The summed E-state index contributed by atoms with van der Waals surface area (Å²) in [4.78, 5) is -0.193. The lowest BCUT2D eigenvalue weighted by Gasteiger charge is -2.14. The molecule has 2 N–H and O–H groups in total. The van der Waals surface area contributed by atoms with Crippen LogP contribution in [0.25, 0.3) is 11.0 Å². The van der Waals surface area contributed by atoms with Gasteiger partial charge >= 0.3 is 0 Å². The maximum absolute atomic E-state index is 13.3. The van der Waals surface area contributed by atoms with E-state index >= 15 is 0 Å². The van der Waals surface area contributed by atoms with Crippen molar-refractivity contribution in [2.45, 2.75) is 18.0 Å². The molecule has 0 amide bonds. The van der Waals surface area contributed by atoms with E-state index < -0.39 is 20.0 Å². The first kappa shape index (κ1) is 27.0. The van der Waals surface area contributed by atoms with Gasteiger partial charge in [-0.2, -0.15) is 5.10 Å². The monoisotopic (exact) mass is 563 g/mol. The van der Waals surface area contributed by atoms with E-state index in [4.69, 9.17) is 18.7 Å². The summed E-state index contributed by atoms with van der Waals surface area (Å²) in [6.45, 7) is 3.55. The van der Waals surface area contributed by atoms with Crippen LogP contribution in [0.5, 0.6) is 17.2 Å². The highest BCUT2D eigenvalue weighted by atomic mass is 32.2. The minimum Gasteiger partial charge on any atom is -0.496 e. The van der Waals surface area contributed by atoms with Crippen LogP contribution in [-0.4, -0.2) is 53.1 Å². The zero-order valence-electron chi connectivity index (χ0n) is 20.7. The summed E-state index contributed by atoms with van der Waals surface area (Å²) in [5.41, 5.74) is 1.49. The molecule has 0 unspecified atom stereocenters. The predicted octanol–water partition coefficient (Wildman–Crippen LogP) is 2.46. The minimum atomic E-state index is -4.21. The largest absolute Gasteiger partial charge is 0.496 e. The van der Waals surface area contributed by atoms with Crippen LogP contribution in [0.3, 0.4) is 0 Å². The lowest BCUT2D eigenvalue weighted by molar-refractivity contribution is 0.373. The number of methoxy groups -OCH3 is 3. The number of ether oxygens (including phenoxy) is 3. The Labute approximate surface area is 219 Å². The van der Waals surface area contributed by atoms with Crippen molar-refractivity contribution in [2.24, 2.45) is 0 Å². The van der Waals surface area contributed by atoms with Crippen LogP contribution in [0.2, 0.25) is 0 Å². The quantitative estimate of drug-likeness (QED) is 0.262. The number of hydrogen-bond donors (Lipinski definition) is 2. The third kappa shape index (κ3) is 5.58. The summed E-state index contributed by atoms with van der Waals surface area (Å²) < 4.78 is 77.5. The Balaban J connectivity index is 1.62. The molecule has 38 heavy (non-hydrogen) atoms. The second-order valence-corrected chi connectivity index (χ2v) is 11.2. The van der Waals surface area contributed by atoms with Gasteiger partial charge in [0.2, 0.25) is 10.0 Å². The van der Waals surface area contributed by atoms with Crippen molar-refractivity contribution < 1.29 is 35.6 Å². The van der Waals surface area contributed by atoms with Gasteiger partial charge in [-0.3, -0.25) is 9.40 Å². The molecular weight excluding hydrogens is 538 g/mol. The van der Waals surface area contributed by atoms with Gasteiger partial charge in [-0.05, 0) is 35.9 Å². The van der Waals surface area contributed by atoms with E-state index in [9.17, 15) is 16.8 Å². The fourth-order valence-corrected chi connectivity index (χ4v) is 5.47. The van der Waals surface area contributed by atoms with Gasteiger partial charge < -0.3 is 18.7 Å². The smallest absolute Gasteiger partial charge is 0.270 e. The second-order valence-electron chi connectivity index (χ2n) is 7.84. The maximum atomic E-state index is 13.3. The number of hydrogen-bond acceptors (Lipinski definition) is 10. The first-order chi connectivity index (χ1) is 18.1. The fourth-order valence-electron chi connectivity index (χ4n) is 3.68. The third-order valence-corrected chi connectivity index (χ3v) is 7.80. The molecule has 0 saturated carbocycles. The summed E-state index contributed by atoms with van der Waals surface area (Å²) in [5, 5.41) is 9.40. The summed E-state index contributed by atoms with van der Waals surface area (Å²) in [6.07, 6.45) is 1.69. The Kier molecular flexibility index (Phi) is 7.61. The summed E-state index contributed by atoms with van der Waals surface area (Å²) >= 11 is 0. The van der Waals surface area contributed by atoms with Crippen molar-refractivity contribution >= 4 is 36.8 Å². The normalized spacial score (nSPS) is 11.9. The van der Waals surface area contributed by atoms with Crippen LogP contribution < -0.4 is 23.7 Å². The van der Waals surface area contributed by atoms with Crippen LogP contribution in [0.1, 0.15) is 11.3 Å². The molecule has 4 rings (SSSR count). The van der Waals surface area contributed by atoms with Crippen molar-refractivity contribution in [1.82, 2.24) is 19.7 Å². The first-order valence-corrected chi connectivity index (χ1v) is 14.0. The van der Waals surface area contributed by atoms with E-state index in [2.05, 4.69) is 26.3 Å². The van der Waals surface area contributed by atoms with Crippen LogP contribution in [0.15, 0.2) is 64.0 Å². The van der Waals surface area contributed by atoms with Gasteiger partial charge in [0.05, 0.1) is 40.1 Å². The van der Waals surface area contributed by atoms with Crippen LogP contribution in [-0.2, 0) is 33.1 Å². The Morgan fingerprint density at radius 3 is 2.34 bits per heavy atom. The molecule has 13 nitrogen and oxygen atoms in total. The van der Waals surface area contributed by atoms with E-state index in [1.54, 1.807) is 35.1 Å². The van der Waals surface area contributed by atoms with E-state index in [0.717, 1.165) is 5.41 Å². The topological polar surface area (TPSA) is 164 Å². The van der Waals surface area contributed by atoms with Gasteiger partial charge in [-0.25, -0.2) is 21.6 Å². The van der Waals surface area contributed by atoms with Gasteiger partial charge in [0, 0.05) is 11.6 Å². The Morgan fingerprint density at radius 2 is 1.71 bits per heavy atom. The number of aromatic nitrogens is 3. The van der Waals surface area contributed by atoms with Crippen LogP contribution >= 0.6 is 0 Å². The van der Waals surface area contributed by atoms with Gasteiger partial charge in [0.1, 0.15) is 22.6 Å². The first-order valence-electron chi connectivity index (χ1n) is 10.9. The number of fused-ring (bicyclic) bond motifs is 1. The summed E-state index contributed by atoms with van der Waals surface area (Å²) in [5.74, 6) is 0.423.